The van der Waals surface area contributed by atoms with Crippen LogP contribution in [0.15, 0.2) is 5.16 Å². The molecule has 6 heteroatoms. The van der Waals surface area contributed by atoms with Crippen molar-refractivity contribution in [1.82, 2.24) is 10.6 Å². The van der Waals surface area contributed by atoms with Crippen LogP contribution in [0.25, 0.3) is 0 Å². The molecule has 0 radical (unpaired) electrons. The van der Waals surface area contributed by atoms with Crippen molar-refractivity contribution in [3.8, 4) is 0 Å². The van der Waals surface area contributed by atoms with Crippen LogP contribution in [-0.4, -0.2) is 36.6 Å². The van der Waals surface area contributed by atoms with Crippen LogP contribution in [0.1, 0.15) is 20.8 Å². The molecule has 0 aliphatic rings. The summed E-state index contributed by atoms with van der Waals surface area (Å²) in [4.78, 5) is 11.3. The Morgan fingerprint density at radius 2 is 2.00 bits per heavy atom. The highest BCUT2D eigenvalue weighted by molar-refractivity contribution is 5.82. The lowest BCUT2D eigenvalue weighted by molar-refractivity contribution is -0.120. The van der Waals surface area contributed by atoms with E-state index >= 15 is 0 Å². The molecule has 0 saturated heterocycles. The molecule has 0 heterocycles. The molecule has 0 aliphatic heterocycles. The van der Waals surface area contributed by atoms with Crippen molar-refractivity contribution in [3.63, 3.8) is 0 Å². The first-order valence-electron chi connectivity index (χ1n) is 5.42. The summed E-state index contributed by atoms with van der Waals surface area (Å²) in [5, 5.41) is 17.0. The molecule has 1 atom stereocenters. The number of nitrogens with two attached hydrogens (primary N) is 1. The predicted octanol–water partition coefficient (Wildman–Crippen LogP) is -0.269. The van der Waals surface area contributed by atoms with E-state index < -0.39 is 0 Å². The highest BCUT2D eigenvalue weighted by Gasteiger charge is 2.08. The summed E-state index contributed by atoms with van der Waals surface area (Å²) in [5.74, 6) is 0.471. The van der Waals surface area contributed by atoms with Crippen LogP contribution in [-0.2, 0) is 4.79 Å². The molecule has 0 aromatic carbocycles. The first-order chi connectivity index (χ1) is 7.47. The van der Waals surface area contributed by atoms with Crippen LogP contribution < -0.4 is 16.4 Å². The maximum absolute atomic E-state index is 11.3. The van der Waals surface area contributed by atoms with E-state index in [1.807, 2.05) is 20.8 Å². The fourth-order valence-electron chi connectivity index (χ4n) is 0.986. The normalized spacial score (nSPS) is 13.9. The molecule has 5 N–H and O–H groups in total. The van der Waals surface area contributed by atoms with Crippen molar-refractivity contribution in [2.45, 2.75) is 20.8 Å². The van der Waals surface area contributed by atoms with Gasteiger partial charge in [-0.15, -0.1) is 0 Å². The predicted molar refractivity (Wildman–Crippen MR) is 63.3 cm³/mol. The SMILES string of the molecule is CC(C)CNC(=O)CNCC(C)C(N)=NO. The molecule has 94 valence electrons. The fourth-order valence-corrected chi connectivity index (χ4v) is 0.986. The first kappa shape index (κ1) is 14.7. The molecule has 0 fully saturated rings. The van der Waals surface area contributed by atoms with Gasteiger partial charge in [-0.25, -0.2) is 0 Å². The Hall–Kier alpha value is -1.30. The maximum Gasteiger partial charge on any atom is 0.233 e. The van der Waals surface area contributed by atoms with Crippen molar-refractivity contribution >= 4 is 11.7 Å². The van der Waals surface area contributed by atoms with Gasteiger partial charge in [-0.3, -0.25) is 4.79 Å². The van der Waals surface area contributed by atoms with Crippen molar-refractivity contribution in [3.05, 3.63) is 0 Å². The highest BCUT2D eigenvalue weighted by Crippen LogP contribution is 1.91. The van der Waals surface area contributed by atoms with E-state index in [-0.39, 0.29) is 24.2 Å². The third kappa shape index (κ3) is 7.05. The van der Waals surface area contributed by atoms with Crippen LogP contribution in [0.4, 0.5) is 0 Å². The van der Waals surface area contributed by atoms with E-state index in [4.69, 9.17) is 10.9 Å². The summed E-state index contributed by atoms with van der Waals surface area (Å²) < 4.78 is 0. The van der Waals surface area contributed by atoms with Crippen LogP contribution >= 0.6 is 0 Å². The number of nitrogens with zero attached hydrogens (tertiary/aromatic N) is 1. The minimum Gasteiger partial charge on any atom is -0.409 e. The van der Waals surface area contributed by atoms with Crippen LogP contribution in [0.2, 0.25) is 0 Å². The average Bonchev–Trinajstić information content (AvgIpc) is 2.24. The van der Waals surface area contributed by atoms with Gasteiger partial charge in [0.1, 0.15) is 5.84 Å². The zero-order chi connectivity index (χ0) is 12.6. The number of rotatable bonds is 7. The summed E-state index contributed by atoms with van der Waals surface area (Å²) in [5.41, 5.74) is 5.39. The van der Waals surface area contributed by atoms with Crippen LogP contribution in [0, 0.1) is 11.8 Å². The number of carbonyl (C=O) groups is 1. The van der Waals surface area contributed by atoms with E-state index in [1.54, 1.807) is 0 Å². The van der Waals surface area contributed by atoms with Gasteiger partial charge in [0.2, 0.25) is 5.91 Å². The molecular weight excluding hydrogens is 208 g/mol. The van der Waals surface area contributed by atoms with Gasteiger partial charge in [-0.2, -0.15) is 0 Å². The van der Waals surface area contributed by atoms with Crippen LogP contribution in [0.3, 0.4) is 0 Å². The van der Waals surface area contributed by atoms with Gasteiger partial charge in [-0.05, 0) is 5.92 Å². The molecule has 0 aromatic rings. The molecule has 0 rings (SSSR count). The Balaban J connectivity index is 3.62. The van der Waals surface area contributed by atoms with E-state index in [0.29, 0.717) is 19.0 Å². The summed E-state index contributed by atoms with van der Waals surface area (Å²) in [6.07, 6.45) is 0. The maximum atomic E-state index is 11.3. The van der Waals surface area contributed by atoms with E-state index in [1.165, 1.54) is 0 Å². The Bertz CT molecular complexity index is 241. The number of hydrogen-bond donors (Lipinski definition) is 4. The highest BCUT2D eigenvalue weighted by atomic mass is 16.4. The third-order valence-corrected chi connectivity index (χ3v) is 2.06. The van der Waals surface area contributed by atoms with Gasteiger partial charge >= 0.3 is 0 Å². The van der Waals surface area contributed by atoms with Gasteiger partial charge in [-0.1, -0.05) is 25.9 Å². The summed E-state index contributed by atoms with van der Waals surface area (Å²) in [7, 11) is 0. The zero-order valence-corrected chi connectivity index (χ0v) is 10.2. The lowest BCUT2D eigenvalue weighted by atomic mass is 10.1. The molecule has 0 saturated carbocycles. The molecule has 1 amide bonds. The van der Waals surface area contributed by atoms with Crippen molar-refractivity contribution in [2.75, 3.05) is 19.6 Å². The molecular formula is C10H22N4O2. The molecule has 16 heavy (non-hydrogen) atoms. The quantitative estimate of drug-likeness (QED) is 0.209. The summed E-state index contributed by atoms with van der Waals surface area (Å²) in [6.45, 7) is 7.31. The monoisotopic (exact) mass is 230 g/mol. The molecule has 0 aliphatic carbocycles. The number of hydrogen-bond acceptors (Lipinski definition) is 4. The Morgan fingerprint density at radius 1 is 1.38 bits per heavy atom. The lowest BCUT2D eigenvalue weighted by Gasteiger charge is -2.11. The topological polar surface area (TPSA) is 99.7 Å². The van der Waals surface area contributed by atoms with Gasteiger partial charge in [0.05, 0.1) is 6.54 Å². The van der Waals surface area contributed by atoms with E-state index in [0.717, 1.165) is 0 Å². The zero-order valence-electron chi connectivity index (χ0n) is 10.2. The molecule has 0 bridgehead atoms. The molecule has 6 nitrogen and oxygen atoms in total. The second-order valence-corrected chi connectivity index (χ2v) is 4.25. The largest absolute Gasteiger partial charge is 0.409 e. The Labute approximate surface area is 96.3 Å². The number of carbonyl (C=O) groups excluding carboxylic acids is 1. The van der Waals surface area contributed by atoms with Crippen LogP contribution in [0.5, 0.6) is 0 Å². The lowest BCUT2D eigenvalue weighted by Crippen LogP contribution is -2.39. The Morgan fingerprint density at radius 3 is 2.50 bits per heavy atom. The minimum absolute atomic E-state index is 0.0413. The number of nitrogens with one attached hydrogen (secondary N) is 2. The van der Waals surface area contributed by atoms with Gasteiger partial charge in [0.25, 0.3) is 0 Å². The Kier molecular flexibility index (Phi) is 7.28. The fraction of sp³-hybridized carbons (Fsp3) is 0.800. The minimum atomic E-state index is -0.0945. The van der Waals surface area contributed by atoms with Gasteiger partial charge in [0.15, 0.2) is 0 Å². The number of oxime groups is 1. The number of amidine groups is 1. The van der Waals surface area contributed by atoms with Crippen molar-refractivity contribution < 1.29 is 10.0 Å². The summed E-state index contributed by atoms with van der Waals surface area (Å²) in [6, 6.07) is 0. The van der Waals surface area contributed by atoms with E-state index in [9.17, 15) is 4.79 Å². The van der Waals surface area contributed by atoms with Gasteiger partial charge in [0, 0.05) is 19.0 Å². The van der Waals surface area contributed by atoms with Crippen molar-refractivity contribution in [2.24, 2.45) is 22.7 Å². The smallest absolute Gasteiger partial charge is 0.233 e. The second kappa shape index (κ2) is 7.92. The molecule has 0 spiro atoms. The van der Waals surface area contributed by atoms with Gasteiger partial charge < -0.3 is 21.6 Å². The summed E-state index contributed by atoms with van der Waals surface area (Å²) >= 11 is 0. The molecule has 1 unspecified atom stereocenters. The van der Waals surface area contributed by atoms with E-state index in [2.05, 4.69) is 15.8 Å². The average molecular weight is 230 g/mol. The number of amides is 1. The third-order valence-electron chi connectivity index (χ3n) is 2.06. The molecule has 0 aromatic heterocycles. The second-order valence-electron chi connectivity index (χ2n) is 4.25. The standard InChI is InChI=1S/C10H22N4O2/c1-7(2)4-13-9(15)6-12-5-8(3)10(11)14-16/h7-8,12,16H,4-6H2,1-3H3,(H2,11,14)(H,13,15). The first-order valence-corrected chi connectivity index (χ1v) is 5.42. The van der Waals surface area contributed by atoms with Crippen molar-refractivity contribution in [1.29, 1.82) is 0 Å².